The van der Waals surface area contributed by atoms with E-state index in [1.54, 1.807) is 0 Å². The minimum atomic E-state index is -0.848. The number of hydrogen-bond donors (Lipinski definition) is 3. The van der Waals surface area contributed by atoms with Gasteiger partial charge in [0.05, 0.1) is 5.92 Å². The SMILES string of the molecule is CCCC(CNC(=O)CCc1c[nH]c2ccccc12)C(=O)O. The fourth-order valence-electron chi connectivity index (χ4n) is 2.57. The standard InChI is InChI=1S/C17H22N2O3/c1-2-5-13(17(21)22)11-19-16(20)9-8-12-10-18-15-7-4-3-6-14(12)15/h3-4,6-7,10,13,18H,2,5,8-9,11H2,1H3,(H,19,20)(H,21,22). The molecule has 1 aromatic heterocycles. The summed E-state index contributed by atoms with van der Waals surface area (Å²) in [6, 6.07) is 7.97. The van der Waals surface area contributed by atoms with E-state index >= 15 is 0 Å². The fraction of sp³-hybridized carbons (Fsp3) is 0.412. The van der Waals surface area contributed by atoms with Crippen LogP contribution in [0.4, 0.5) is 0 Å². The highest BCUT2D eigenvalue weighted by molar-refractivity contribution is 5.84. The number of aryl methyl sites for hydroxylation is 1. The molecule has 0 radical (unpaired) electrons. The lowest BCUT2D eigenvalue weighted by Gasteiger charge is -2.12. The van der Waals surface area contributed by atoms with Gasteiger partial charge in [-0.2, -0.15) is 0 Å². The van der Waals surface area contributed by atoms with Crippen molar-refractivity contribution in [1.29, 1.82) is 0 Å². The molecule has 0 aliphatic heterocycles. The third-order valence-corrected chi connectivity index (χ3v) is 3.83. The Hall–Kier alpha value is -2.30. The average Bonchev–Trinajstić information content (AvgIpc) is 2.92. The van der Waals surface area contributed by atoms with Gasteiger partial charge in [0.1, 0.15) is 0 Å². The molecule has 118 valence electrons. The van der Waals surface area contributed by atoms with Gasteiger partial charge in [-0.3, -0.25) is 9.59 Å². The molecule has 0 fully saturated rings. The first-order valence-corrected chi connectivity index (χ1v) is 7.66. The maximum Gasteiger partial charge on any atom is 0.308 e. The van der Waals surface area contributed by atoms with Crippen molar-refractivity contribution in [1.82, 2.24) is 10.3 Å². The number of H-pyrrole nitrogens is 1. The number of aromatic amines is 1. The Balaban J connectivity index is 1.84. The van der Waals surface area contributed by atoms with E-state index in [9.17, 15) is 9.59 Å². The predicted molar refractivity (Wildman–Crippen MR) is 85.7 cm³/mol. The highest BCUT2D eigenvalue weighted by atomic mass is 16.4. The minimum absolute atomic E-state index is 0.104. The van der Waals surface area contributed by atoms with Gasteiger partial charge in [-0.05, 0) is 24.5 Å². The third-order valence-electron chi connectivity index (χ3n) is 3.83. The molecule has 0 saturated carbocycles. The van der Waals surface area contributed by atoms with Crippen molar-refractivity contribution in [2.24, 2.45) is 5.92 Å². The highest BCUT2D eigenvalue weighted by Gasteiger charge is 2.17. The van der Waals surface area contributed by atoms with Gasteiger partial charge in [0.25, 0.3) is 0 Å². The zero-order chi connectivity index (χ0) is 15.9. The number of hydrogen-bond acceptors (Lipinski definition) is 2. The number of benzene rings is 1. The minimum Gasteiger partial charge on any atom is -0.481 e. The summed E-state index contributed by atoms with van der Waals surface area (Å²) in [7, 11) is 0. The van der Waals surface area contributed by atoms with Gasteiger partial charge in [0.15, 0.2) is 0 Å². The van der Waals surface area contributed by atoms with Gasteiger partial charge in [0.2, 0.25) is 5.91 Å². The largest absolute Gasteiger partial charge is 0.481 e. The monoisotopic (exact) mass is 302 g/mol. The quantitative estimate of drug-likeness (QED) is 0.701. The van der Waals surface area contributed by atoms with E-state index in [-0.39, 0.29) is 12.5 Å². The summed E-state index contributed by atoms with van der Waals surface area (Å²) in [6.07, 6.45) is 4.30. The summed E-state index contributed by atoms with van der Waals surface area (Å²) in [5, 5.41) is 12.9. The van der Waals surface area contributed by atoms with Crippen LogP contribution in [0.15, 0.2) is 30.5 Å². The van der Waals surface area contributed by atoms with Crippen LogP contribution >= 0.6 is 0 Å². The molecule has 1 unspecified atom stereocenters. The Labute approximate surface area is 129 Å². The molecule has 0 aliphatic rings. The lowest BCUT2D eigenvalue weighted by atomic mass is 10.0. The van der Waals surface area contributed by atoms with Crippen LogP contribution in [0.25, 0.3) is 10.9 Å². The number of fused-ring (bicyclic) bond motifs is 1. The third kappa shape index (κ3) is 4.10. The van der Waals surface area contributed by atoms with Crippen molar-refractivity contribution in [3.63, 3.8) is 0 Å². The Bertz CT molecular complexity index is 648. The average molecular weight is 302 g/mol. The maximum atomic E-state index is 11.9. The molecule has 22 heavy (non-hydrogen) atoms. The number of carboxylic acid groups (broad SMARTS) is 1. The van der Waals surface area contributed by atoms with Gasteiger partial charge in [-0.1, -0.05) is 31.5 Å². The number of aliphatic carboxylic acids is 1. The summed E-state index contributed by atoms with van der Waals surface area (Å²) in [5.41, 5.74) is 2.17. The smallest absolute Gasteiger partial charge is 0.308 e. The molecular formula is C17H22N2O3. The molecule has 0 spiro atoms. The van der Waals surface area contributed by atoms with Gasteiger partial charge in [-0.15, -0.1) is 0 Å². The number of carboxylic acids is 1. The van der Waals surface area contributed by atoms with Crippen LogP contribution in [0.5, 0.6) is 0 Å². The summed E-state index contributed by atoms with van der Waals surface area (Å²) >= 11 is 0. The lowest BCUT2D eigenvalue weighted by molar-refractivity contribution is -0.141. The Morgan fingerprint density at radius 2 is 2.09 bits per heavy atom. The number of carbonyl (C=O) groups is 2. The zero-order valence-electron chi connectivity index (χ0n) is 12.8. The zero-order valence-corrected chi connectivity index (χ0v) is 12.8. The van der Waals surface area contributed by atoms with Crippen molar-refractivity contribution < 1.29 is 14.7 Å². The molecule has 5 nitrogen and oxygen atoms in total. The number of nitrogens with one attached hydrogen (secondary N) is 2. The van der Waals surface area contributed by atoms with Gasteiger partial charge < -0.3 is 15.4 Å². The van der Waals surface area contributed by atoms with E-state index in [4.69, 9.17) is 5.11 Å². The van der Waals surface area contributed by atoms with Crippen LogP contribution in [-0.4, -0.2) is 28.5 Å². The Morgan fingerprint density at radius 1 is 1.32 bits per heavy atom. The van der Waals surface area contributed by atoms with Crippen molar-refractivity contribution >= 4 is 22.8 Å². The summed E-state index contributed by atoms with van der Waals surface area (Å²) in [5.74, 6) is -1.45. The van der Waals surface area contributed by atoms with Gasteiger partial charge >= 0.3 is 5.97 Å². The number of amides is 1. The first-order chi connectivity index (χ1) is 10.6. The topological polar surface area (TPSA) is 82.2 Å². The van der Waals surface area contributed by atoms with Crippen LogP contribution < -0.4 is 5.32 Å². The Morgan fingerprint density at radius 3 is 2.82 bits per heavy atom. The Kier molecular flexibility index (Phi) is 5.58. The number of rotatable bonds is 8. The summed E-state index contributed by atoms with van der Waals surface area (Å²) in [4.78, 5) is 26.1. The highest BCUT2D eigenvalue weighted by Crippen LogP contribution is 2.18. The number of para-hydroxylation sites is 1. The second-order valence-corrected chi connectivity index (χ2v) is 5.49. The number of carbonyl (C=O) groups excluding carboxylic acids is 1. The first kappa shape index (κ1) is 16.1. The van der Waals surface area contributed by atoms with Gasteiger partial charge in [-0.25, -0.2) is 0 Å². The van der Waals surface area contributed by atoms with Crippen molar-refractivity contribution in [2.75, 3.05) is 6.54 Å². The number of aromatic nitrogens is 1. The molecule has 0 aliphatic carbocycles. The summed E-state index contributed by atoms with van der Waals surface area (Å²) < 4.78 is 0. The van der Waals surface area contributed by atoms with Crippen LogP contribution in [0, 0.1) is 5.92 Å². The van der Waals surface area contributed by atoms with E-state index in [1.807, 2.05) is 37.4 Å². The van der Waals surface area contributed by atoms with E-state index in [2.05, 4.69) is 10.3 Å². The first-order valence-electron chi connectivity index (χ1n) is 7.66. The van der Waals surface area contributed by atoms with Crippen molar-refractivity contribution in [3.8, 4) is 0 Å². The van der Waals surface area contributed by atoms with Crippen molar-refractivity contribution in [2.45, 2.75) is 32.6 Å². The molecule has 5 heteroatoms. The second-order valence-electron chi connectivity index (χ2n) is 5.49. The van der Waals surface area contributed by atoms with Crippen molar-refractivity contribution in [3.05, 3.63) is 36.0 Å². The molecule has 2 aromatic rings. The molecule has 0 bridgehead atoms. The lowest BCUT2D eigenvalue weighted by Crippen LogP contribution is -2.33. The van der Waals surface area contributed by atoms with Crippen LogP contribution in [0.1, 0.15) is 31.7 Å². The second kappa shape index (κ2) is 7.64. The molecule has 1 atom stereocenters. The van der Waals surface area contributed by atoms with E-state index in [1.165, 1.54) is 0 Å². The molecule has 1 aromatic carbocycles. The van der Waals surface area contributed by atoms with E-state index < -0.39 is 11.9 Å². The molecule has 3 N–H and O–H groups in total. The van der Waals surface area contributed by atoms with Crippen LogP contribution in [0.2, 0.25) is 0 Å². The normalized spacial score (nSPS) is 12.2. The van der Waals surface area contributed by atoms with Crippen LogP contribution in [-0.2, 0) is 16.0 Å². The molecule has 2 rings (SSSR count). The van der Waals surface area contributed by atoms with E-state index in [0.29, 0.717) is 19.3 Å². The predicted octanol–water partition coefficient (Wildman–Crippen LogP) is 2.72. The summed E-state index contributed by atoms with van der Waals surface area (Å²) in [6.45, 7) is 2.14. The van der Waals surface area contributed by atoms with E-state index in [0.717, 1.165) is 22.9 Å². The molecule has 0 saturated heterocycles. The fourth-order valence-corrected chi connectivity index (χ4v) is 2.57. The molecular weight excluding hydrogens is 280 g/mol. The molecule has 1 heterocycles. The molecule has 1 amide bonds. The maximum absolute atomic E-state index is 11.9. The van der Waals surface area contributed by atoms with Crippen LogP contribution in [0.3, 0.4) is 0 Å². The van der Waals surface area contributed by atoms with Gasteiger partial charge in [0, 0.05) is 30.1 Å².